The lowest BCUT2D eigenvalue weighted by molar-refractivity contribution is 0.0896. The summed E-state index contributed by atoms with van der Waals surface area (Å²) in [5, 5.41) is 0. The predicted octanol–water partition coefficient (Wildman–Crippen LogP) is 3.70. The highest BCUT2D eigenvalue weighted by Gasteiger charge is 2.30. The molecule has 0 saturated heterocycles. The molecule has 0 amide bonds. The monoisotopic (exact) mass is 232 g/mol. The molecule has 1 aliphatic carbocycles. The molecule has 1 fully saturated rings. The minimum atomic E-state index is 0.215. The predicted molar refractivity (Wildman–Crippen MR) is 68.4 cm³/mol. The van der Waals surface area contributed by atoms with Crippen LogP contribution in [-0.4, -0.2) is 12.4 Å². The van der Waals surface area contributed by atoms with Crippen LogP contribution in [0.2, 0.25) is 0 Å². The van der Waals surface area contributed by atoms with Crippen molar-refractivity contribution < 1.29 is 9.53 Å². The van der Waals surface area contributed by atoms with E-state index in [1.54, 1.807) is 0 Å². The first kappa shape index (κ1) is 12.2. The summed E-state index contributed by atoms with van der Waals surface area (Å²) < 4.78 is 5.43. The molecule has 1 aromatic rings. The van der Waals surface area contributed by atoms with Gasteiger partial charge in [0.1, 0.15) is 5.75 Å². The number of Topliss-reactive ketones (excluding diaryl/α,β-unsaturated/α-hetero) is 1. The zero-order valence-electron chi connectivity index (χ0n) is 10.6. The fourth-order valence-electron chi connectivity index (χ4n) is 2.65. The molecule has 1 aromatic carbocycles. The van der Waals surface area contributed by atoms with Crippen LogP contribution in [0.4, 0.5) is 0 Å². The van der Waals surface area contributed by atoms with E-state index in [9.17, 15) is 4.79 Å². The van der Waals surface area contributed by atoms with Gasteiger partial charge in [0.2, 0.25) is 0 Å². The highest BCUT2D eigenvalue weighted by atomic mass is 16.5. The minimum absolute atomic E-state index is 0.215. The molecular weight excluding hydrogens is 212 g/mol. The van der Waals surface area contributed by atoms with Gasteiger partial charge in [-0.1, -0.05) is 25.5 Å². The molecule has 0 heterocycles. The average Bonchev–Trinajstić information content (AvgIpc) is 2.75. The first-order chi connectivity index (χ1) is 8.22. The average molecular weight is 232 g/mol. The second-order valence-electron chi connectivity index (χ2n) is 4.84. The van der Waals surface area contributed by atoms with Crippen LogP contribution in [0.3, 0.4) is 0 Å². The highest BCUT2D eigenvalue weighted by molar-refractivity contribution is 5.98. The van der Waals surface area contributed by atoms with Crippen LogP contribution in [-0.2, 0) is 0 Å². The van der Waals surface area contributed by atoms with Crippen LogP contribution in [0.25, 0.3) is 0 Å². The lowest BCUT2D eigenvalue weighted by Crippen LogP contribution is -2.17. The van der Waals surface area contributed by atoms with Gasteiger partial charge in [-0.05, 0) is 37.8 Å². The van der Waals surface area contributed by atoms with Crippen molar-refractivity contribution in [1.82, 2.24) is 0 Å². The molecule has 17 heavy (non-hydrogen) atoms. The molecule has 0 aromatic heterocycles. The number of ether oxygens (including phenoxy) is 1. The third-order valence-corrected chi connectivity index (χ3v) is 3.63. The Morgan fingerprint density at radius 2 is 2.24 bits per heavy atom. The number of hydrogen-bond acceptors (Lipinski definition) is 2. The van der Waals surface area contributed by atoms with E-state index in [1.807, 2.05) is 31.2 Å². The van der Waals surface area contributed by atoms with Gasteiger partial charge in [0.05, 0.1) is 6.61 Å². The van der Waals surface area contributed by atoms with Gasteiger partial charge in [0.15, 0.2) is 5.78 Å². The Morgan fingerprint density at radius 1 is 1.41 bits per heavy atom. The van der Waals surface area contributed by atoms with Gasteiger partial charge in [0.25, 0.3) is 0 Å². The van der Waals surface area contributed by atoms with E-state index in [2.05, 4.69) is 6.92 Å². The van der Waals surface area contributed by atoms with Crippen molar-refractivity contribution in [3.63, 3.8) is 0 Å². The Morgan fingerprint density at radius 3 is 2.88 bits per heavy atom. The van der Waals surface area contributed by atoms with Gasteiger partial charge in [-0.3, -0.25) is 4.79 Å². The van der Waals surface area contributed by atoms with E-state index in [4.69, 9.17) is 4.74 Å². The molecule has 1 aliphatic rings. The van der Waals surface area contributed by atoms with E-state index < -0.39 is 0 Å². The first-order valence-corrected chi connectivity index (χ1v) is 6.49. The van der Waals surface area contributed by atoms with Crippen molar-refractivity contribution in [3.05, 3.63) is 29.8 Å². The molecule has 0 radical (unpaired) electrons. The van der Waals surface area contributed by atoms with E-state index in [1.165, 1.54) is 12.8 Å². The molecule has 0 aliphatic heterocycles. The van der Waals surface area contributed by atoms with Crippen molar-refractivity contribution in [1.29, 1.82) is 0 Å². The summed E-state index contributed by atoms with van der Waals surface area (Å²) in [5.41, 5.74) is 0.801. The second-order valence-corrected chi connectivity index (χ2v) is 4.84. The maximum absolute atomic E-state index is 12.4. The van der Waals surface area contributed by atoms with Crippen molar-refractivity contribution in [2.75, 3.05) is 6.61 Å². The number of carbonyl (C=O) groups excluding carboxylic acids is 1. The van der Waals surface area contributed by atoms with Crippen LogP contribution in [0.1, 0.15) is 43.5 Å². The van der Waals surface area contributed by atoms with Gasteiger partial charge in [-0.15, -0.1) is 0 Å². The lowest BCUT2D eigenvalue weighted by Gasteiger charge is -2.14. The van der Waals surface area contributed by atoms with Gasteiger partial charge in [-0.25, -0.2) is 0 Å². The van der Waals surface area contributed by atoms with Crippen molar-refractivity contribution in [2.24, 2.45) is 11.8 Å². The Bertz CT molecular complexity index is 398. The van der Waals surface area contributed by atoms with E-state index in [-0.39, 0.29) is 11.7 Å². The van der Waals surface area contributed by atoms with Crippen LogP contribution in [0.15, 0.2) is 24.3 Å². The molecule has 2 nitrogen and oxygen atoms in total. The second kappa shape index (κ2) is 5.35. The number of carbonyl (C=O) groups is 1. The summed E-state index contributed by atoms with van der Waals surface area (Å²) in [6, 6.07) is 7.57. The SMILES string of the molecule is CCOc1cccc(C(=O)C2CCCC2C)c1. The third kappa shape index (κ3) is 2.68. The fraction of sp³-hybridized carbons (Fsp3) is 0.533. The molecule has 2 heteroatoms. The standard InChI is InChI=1S/C15H20O2/c1-3-17-13-8-5-7-12(10-13)15(16)14-9-4-6-11(14)2/h5,7-8,10-11,14H,3-4,6,9H2,1-2H3. The summed E-state index contributed by atoms with van der Waals surface area (Å²) in [4.78, 5) is 12.4. The van der Waals surface area contributed by atoms with Crippen LogP contribution in [0.5, 0.6) is 5.75 Å². The van der Waals surface area contributed by atoms with Crippen molar-refractivity contribution >= 4 is 5.78 Å². The highest BCUT2D eigenvalue weighted by Crippen LogP contribution is 2.34. The molecule has 0 spiro atoms. The number of rotatable bonds is 4. The molecule has 2 unspecified atom stereocenters. The Balaban J connectivity index is 2.15. The van der Waals surface area contributed by atoms with Crippen LogP contribution in [0, 0.1) is 11.8 Å². The van der Waals surface area contributed by atoms with Gasteiger partial charge >= 0.3 is 0 Å². The number of hydrogen-bond donors (Lipinski definition) is 0. The first-order valence-electron chi connectivity index (χ1n) is 6.49. The summed E-state index contributed by atoms with van der Waals surface area (Å²) in [5.74, 6) is 1.82. The van der Waals surface area contributed by atoms with Crippen molar-refractivity contribution in [2.45, 2.75) is 33.1 Å². The van der Waals surface area contributed by atoms with Crippen LogP contribution < -0.4 is 4.74 Å². The summed E-state index contributed by atoms with van der Waals surface area (Å²) in [6.07, 6.45) is 3.41. The topological polar surface area (TPSA) is 26.3 Å². The summed E-state index contributed by atoms with van der Waals surface area (Å²) in [7, 11) is 0. The molecule has 1 saturated carbocycles. The molecular formula is C15H20O2. The van der Waals surface area contributed by atoms with Crippen LogP contribution >= 0.6 is 0 Å². The van der Waals surface area contributed by atoms with Gasteiger partial charge in [0, 0.05) is 11.5 Å². The Hall–Kier alpha value is -1.31. The normalized spacial score (nSPS) is 23.6. The van der Waals surface area contributed by atoms with E-state index >= 15 is 0 Å². The third-order valence-electron chi connectivity index (χ3n) is 3.63. The Labute approximate surface area is 103 Å². The fourth-order valence-corrected chi connectivity index (χ4v) is 2.65. The van der Waals surface area contributed by atoms with Gasteiger partial charge in [-0.2, -0.15) is 0 Å². The molecule has 92 valence electrons. The molecule has 2 atom stereocenters. The van der Waals surface area contributed by atoms with Gasteiger partial charge < -0.3 is 4.74 Å². The van der Waals surface area contributed by atoms with E-state index in [0.29, 0.717) is 12.5 Å². The largest absolute Gasteiger partial charge is 0.494 e. The maximum Gasteiger partial charge on any atom is 0.166 e. The summed E-state index contributed by atoms with van der Waals surface area (Å²) >= 11 is 0. The zero-order chi connectivity index (χ0) is 12.3. The molecule has 2 rings (SSSR count). The quantitative estimate of drug-likeness (QED) is 0.740. The number of benzene rings is 1. The van der Waals surface area contributed by atoms with E-state index in [0.717, 1.165) is 17.7 Å². The molecule has 0 N–H and O–H groups in total. The minimum Gasteiger partial charge on any atom is -0.494 e. The zero-order valence-corrected chi connectivity index (χ0v) is 10.6. The number of ketones is 1. The molecule has 0 bridgehead atoms. The van der Waals surface area contributed by atoms with Crippen molar-refractivity contribution in [3.8, 4) is 5.75 Å². The smallest absolute Gasteiger partial charge is 0.166 e. The summed E-state index contributed by atoms with van der Waals surface area (Å²) in [6.45, 7) is 4.77. The Kier molecular flexibility index (Phi) is 3.82. The maximum atomic E-state index is 12.4. The lowest BCUT2D eigenvalue weighted by atomic mass is 9.89.